The Kier molecular flexibility index (Phi) is 4.95. The molecule has 0 aliphatic carbocycles. The Morgan fingerprint density at radius 1 is 1.00 bits per heavy atom. The summed E-state index contributed by atoms with van der Waals surface area (Å²) in [5, 5.41) is 10.7. The Balaban J connectivity index is 2.14. The van der Waals surface area contributed by atoms with Crippen molar-refractivity contribution in [2.24, 2.45) is 5.73 Å². The van der Waals surface area contributed by atoms with Crippen LogP contribution in [0.25, 0.3) is 5.76 Å². The van der Waals surface area contributed by atoms with Crippen LogP contribution in [0.2, 0.25) is 0 Å². The molecule has 0 aromatic heterocycles. The molecule has 1 amide bonds. The van der Waals surface area contributed by atoms with E-state index in [2.05, 4.69) is 0 Å². The summed E-state index contributed by atoms with van der Waals surface area (Å²) in [7, 11) is 0. The van der Waals surface area contributed by atoms with Gasteiger partial charge in [-0.1, -0.05) is 60.7 Å². The molecule has 3 N–H and O–H groups in total. The lowest BCUT2D eigenvalue weighted by Gasteiger charge is -2.25. The summed E-state index contributed by atoms with van der Waals surface area (Å²) in [5.41, 5.74) is 7.00. The van der Waals surface area contributed by atoms with Crippen molar-refractivity contribution in [3.8, 4) is 0 Å². The molecule has 128 valence electrons. The maximum absolute atomic E-state index is 12.6. The van der Waals surface area contributed by atoms with E-state index in [-0.39, 0.29) is 11.3 Å². The fourth-order valence-corrected chi connectivity index (χ4v) is 3.11. The van der Waals surface area contributed by atoms with Crippen LogP contribution in [0.1, 0.15) is 23.6 Å². The number of carbonyl (C=O) groups is 2. The number of hydrogen-bond donors (Lipinski definition) is 2. The first-order chi connectivity index (χ1) is 12.1. The minimum atomic E-state index is -0.660. The smallest absolute Gasteiger partial charge is 0.295 e. The lowest BCUT2D eigenvalue weighted by Crippen LogP contribution is -2.31. The fourth-order valence-electron chi connectivity index (χ4n) is 3.11. The van der Waals surface area contributed by atoms with Crippen LogP contribution < -0.4 is 5.73 Å². The molecule has 1 saturated heterocycles. The number of Topliss-reactive ketones (excluding diaryl/α,β-unsaturated/α-hetero) is 1. The Morgan fingerprint density at radius 2 is 1.60 bits per heavy atom. The third kappa shape index (κ3) is 3.19. The highest BCUT2D eigenvalue weighted by molar-refractivity contribution is 6.46. The van der Waals surface area contributed by atoms with Gasteiger partial charge in [0.15, 0.2) is 0 Å². The second kappa shape index (κ2) is 7.32. The summed E-state index contributed by atoms with van der Waals surface area (Å²) in [4.78, 5) is 26.7. The van der Waals surface area contributed by atoms with Gasteiger partial charge in [0.2, 0.25) is 0 Å². The van der Waals surface area contributed by atoms with E-state index >= 15 is 0 Å². The van der Waals surface area contributed by atoms with Crippen molar-refractivity contribution < 1.29 is 14.7 Å². The van der Waals surface area contributed by atoms with Gasteiger partial charge in [-0.15, -0.1) is 0 Å². The van der Waals surface area contributed by atoms with Gasteiger partial charge >= 0.3 is 0 Å². The van der Waals surface area contributed by atoms with E-state index in [1.54, 1.807) is 24.3 Å². The van der Waals surface area contributed by atoms with Crippen molar-refractivity contribution in [2.75, 3.05) is 13.1 Å². The molecule has 2 aromatic carbocycles. The molecule has 5 heteroatoms. The molecule has 3 rings (SSSR count). The summed E-state index contributed by atoms with van der Waals surface area (Å²) >= 11 is 0. The summed E-state index contributed by atoms with van der Waals surface area (Å²) < 4.78 is 0. The second-order valence-electron chi connectivity index (χ2n) is 5.91. The second-order valence-corrected chi connectivity index (χ2v) is 5.91. The number of ketones is 1. The van der Waals surface area contributed by atoms with E-state index in [4.69, 9.17) is 5.73 Å². The number of aliphatic hydroxyl groups excluding tert-OH is 1. The van der Waals surface area contributed by atoms with Crippen LogP contribution in [-0.2, 0) is 9.59 Å². The molecule has 0 spiro atoms. The number of likely N-dealkylation sites (tertiary alicyclic amines) is 1. The van der Waals surface area contributed by atoms with Crippen molar-refractivity contribution >= 4 is 17.4 Å². The van der Waals surface area contributed by atoms with Crippen molar-refractivity contribution in [3.05, 3.63) is 77.4 Å². The average Bonchev–Trinajstić information content (AvgIpc) is 2.91. The minimum absolute atomic E-state index is 0.124. The van der Waals surface area contributed by atoms with Crippen molar-refractivity contribution in [1.29, 1.82) is 0 Å². The normalized spacial score (nSPS) is 19.4. The monoisotopic (exact) mass is 336 g/mol. The zero-order chi connectivity index (χ0) is 17.8. The summed E-state index contributed by atoms with van der Waals surface area (Å²) in [5.74, 6) is -1.41. The number of aliphatic hydroxyl groups is 1. The quantitative estimate of drug-likeness (QED) is 0.499. The van der Waals surface area contributed by atoms with Gasteiger partial charge in [-0.05, 0) is 18.5 Å². The maximum atomic E-state index is 12.6. The molecule has 0 radical (unpaired) electrons. The number of rotatable bonds is 5. The maximum Gasteiger partial charge on any atom is 0.295 e. The van der Waals surface area contributed by atoms with Crippen LogP contribution in [0.3, 0.4) is 0 Å². The van der Waals surface area contributed by atoms with Crippen molar-refractivity contribution in [2.45, 2.75) is 12.5 Å². The lowest BCUT2D eigenvalue weighted by atomic mass is 9.95. The number of benzene rings is 2. The van der Waals surface area contributed by atoms with Crippen LogP contribution in [0, 0.1) is 0 Å². The van der Waals surface area contributed by atoms with Gasteiger partial charge in [0.1, 0.15) is 5.76 Å². The number of nitrogens with zero attached hydrogens (tertiary/aromatic N) is 1. The molecule has 0 saturated carbocycles. The molecule has 1 aliphatic rings. The standard InChI is InChI=1S/C20H20N2O3/c21-12-7-13-22-17(14-8-3-1-4-9-14)16(19(24)20(22)25)18(23)15-10-5-2-6-11-15/h1-6,8-11,17,23H,7,12-13,21H2/t17-/m1/s1. The third-order valence-corrected chi connectivity index (χ3v) is 4.31. The van der Waals surface area contributed by atoms with E-state index < -0.39 is 17.7 Å². The highest BCUT2D eigenvalue weighted by atomic mass is 16.3. The molecule has 5 nitrogen and oxygen atoms in total. The van der Waals surface area contributed by atoms with Crippen LogP contribution >= 0.6 is 0 Å². The van der Waals surface area contributed by atoms with Crippen LogP contribution in [0.15, 0.2) is 66.2 Å². The predicted octanol–water partition coefficient (Wildman–Crippen LogP) is 2.46. The molecule has 1 heterocycles. The summed E-state index contributed by atoms with van der Waals surface area (Å²) in [6, 6.07) is 17.5. The number of carbonyl (C=O) groups excluding carboxylic acids is 2. The van der Waals surface area contributed by atoms with Crippen LogP contribution in [0.4, 0.5) is 0 Å². The van der Waals surface area contributed by atoms with E-state index in [1.807, 2.05) is 36.4 Å². The van der Waals surface area contributed by atoms with Crippen LogP contribution in [0.5, 0.6) is 0 Å². The molecular weight excluding hydrogens is 316 g/mol. The Labute approximate surface area is 146 Å². The largest absolute Gasteiger partial charge is 0.507 e. The third-order valence-electron chi connectivity index (χ3n) is 4.31. The highest BCUT2D eigenvalue weighted by Crippen LogP contribution is 2.39. The SMILES string of the molecule is NCCCN1C(=O)C(=O)C(=C(O)c2ccccc2)[C@H]1c1ccccc1. The Morgan fingerprint density at radius 3 is 2.20 bits per heavy atom. The molecule has 1 atom stereocenters. The van der Waals surface area contributed by atoms with E-state index in [9.17, 15) is 14.7 Å². The topological polar surface area (TPSA) is 83.6 Å². The Bertz CT molecular complexity index is 800. The van der Waals surface area contributed by atoms with Gasteiger partial charge in [0.05, 0.1) is 11.6 Å². The molecule has 25 heavy (non-hydrogen) atoms. The molecule has 0 unspecified atom stereocenters. The highest BCUT2D eigenvalue weighted by Gasteiger charge is 2.45. The molecule has 1 aliphatic heterocycles. The summed E-state index contributed by atoms with van der Waals surface area (Å²) in [6.07, 6.45) is 0.585. The summed E-state index contributed by atoms with van der Waals surface area (Å²) in [6.45, 7) is 0.787. The van der Waals surface area contributed by atoms with Gasteiger partial charge in [-0.3, -0.25) is 9.59 Å². The van der Waals surface area contributed by atoms with Crippen molar-refractivity contribution in [3.63, 3.8) is 0 Å². The van der Waals surface area contributed by atoms with E-state index in [0.29, 0.717) is 25.1 Å². The molecular formula is C20H20N2O3. The number of nitrogens with two attached hydrogens (primary N) is 1. The number of amides is 1. The lowest BCUT2D eigenvalue weighted by molar-refractivity contribution is -0.139. The van der Waals surface area contributed by atoms with Crippen molar-refractivity contribution in [1.82, 2.24) is 4.90 Å². The zero-order valence-electron chi connectivity index (χ0n) is 13.8. The van der Waals surface area contributed by atoms with Gasteiger partial charge in [-0.25, -0.2) is 0 Å². The van der Waals surface area contributed by atoms with Gasteiger partial charge < -0.3 is 15.7 Å². The van der Waals surface area contributed by atoms with Gasteiger partial charge in [0.25, 0.3) is 11.7 Å². The molecule has 0 bridgehead atoms. The zero-order valence-corrected chi connectivity index (χ0v) is 13.8. The molecule has 2 aromatic rings. The van der Waals surface area contributed by atoms with E-state index in [1.165, 1.54) is 4.90 Å². The first-order valence-electron chi connectivity index (χ1n) is 8.24. The average molecular weight is 336 g/mol. The van der Waals surface area contributed by atoms with Gasteiger partial charge in [-0.2, -0.15) is 0 Å². The molecule has 1 fully saturated rings. The fraction of sp³-hybridized carbons (Fsp3) is 0.200. The van der Waals surface area contributed by atoms with Gasteiger partial charge in [0, 0.05) is 12.1 Å². The first kappa shape index (κ1) is 16.9. The predicted molar refractivity (Wildman–Crippen MR) is 95.6 cm³/mol. The van der Waals surface area contributed by atoms with E-state index in [0.717, 1.165) is 5.56 Å². The minimum Gasteiger partial charge on any atom is -0.507 e. The first-order valence-corrected chi connectivity index (χ1v) is 8.24. The van der Waals surface area contributed by atoms with Crippen LogP contribution in [-0.4, -0.2) is 34.8 Å². The number of hydrogen-bond acceptors (Lipinski definition) is 4. The Hall–Kier alpha value is -2.92.